The molecule has 1 atom stereocenters. The van der Waals surface area contributed by atoms with Crippen LogP contribution in [0.25, 0.3) is 11.1 Å². The van der Waals surface area contributed by atoms with Crippen molar-refractivity contribution < 1.29 is 19.1 Å². The van der Waals surface area contributed by atoms with Gasteiger partial charge in [0.2, 0.25) is 5.88 Å². The van der Waals surface area contributed by atoms with Gasteiger partial charge in [-0.05, 0) is 28.2 Å². The van der Waals surface area contributed by atoms with Gasteiger partial charge in [0.25, 0.3) is 0 Å². The average molecular weight is 382 g/mol. The number of rotatable bonds is 6. The number of hydrogen-bond acceptors (Lipinski definition) is 7. The number of nitro groups is 1. The van der Waals surface area contributed by atoms with Gasteiger partial charge in [-0.3, -0.25) is 4.57 Å². The minimum absolute atomic E-state index is 0.215. The molecule has 9 heteroatoms. The van der Waals surface area contributed by atoms with Crippen LogP contribution < -0.4 is 9.47 Å². The minimum atomic E-state index is -0.538. The lowest BCUT2D eigenvalue weighted by Crippen LogP contribution is -2.32. The first-order chi connectivity index (χ1) is 13.6. The van der Waals surface area contributed by atoms with Crippen molar-refractivity contribution in [2.24, 2.45) is 0 Å². The third-order valence-electron chi connectivity index (χ3n) is 4.40. The fourth-order valence-corrected chi connectivity index (χ4v) is 2.99. The largest absolute Gasteiger partial charge is 0.481 e. The van der Waals surface area contributed by atoms with Crippen molar-refractivity contribution in [2.45, 2.75) is 19.3 Å². The monoisotopic (exact) mass is 382 g/mol. The van der Waals surface area contributed by atoms with Crippen molar-refractivity contribution in [2.75, 3.05) is 13.7 Å². The van der Waals surface area contributed by atoms with E-state index < -0.39 is 4.92 Å². The Labute approximate surface area is 160 Å². The normalized spacial score (nSPS) is 15.5. The van der Waals surface area contributed by atoms with Crippen LogP contribution >= 0.6 is 0 Å². The van der Waals surface area contributed by atoms with E-state index in [0.29, 0.717) is 25.6 Å². The number of hydrogen-bond donors (Lipinski definition) is 0. The molecular formula is C19H18N4O5. The molecule has 0 radical (unpaired) electrons. The van der Waals surface area contributed by atoms with Gasteiger partial charge in [0, 0.05) is 22.8 Å². The lowest BCUT2D eigenvalue weighted by atomic mass is 10.1. The van der Waals surface area contributed by atoms with Gasteiger partial charge in [0.1, 0.15) is 18.9 Å². The Kier molecular flexibility index (Phi) is 4.90. The van der Waals surface area contributed by atoms with E-state index in [-0.39, 0.29) is 17.9 Å². The Balaban J connectivity index is 1.40. The number of imidazole rings is 1. The van der Waals surface area contributed by atoms with Crippen molar-refractivity contribution in [1.29, 1.82) is 0 Å². The quantitative estimate of drug-likeness (QED) is 0.477. The standard InChI is InChI=1S/C19H18N4O5/c1-26-18-6-5-15(8-20-18)14-4-2-3-13(7-14)11-27-16-9-22-10-17(23(24)25)21-19(22)28-12-16/h2-8,10,16H,9,11-12H2,1H3/t16-/m0/s1. The zero-order valence-corrected chi connectivity index (χ0v) is 15.1. The molecule has 0 saturated carbocycles. The lowest BCUT2D eigenvalue weighted by Gasteiger charge is -2.22. The van der Waals surface area contributed by atoms with Gasteiger partial charge in [0.05, 0.1) is 20.3 Å². The van der Waals surface area contributed by atoms with Crippen molar-refractivity contribution in [1.82, 2.24) is 14.5 Å². The van der Waals surface area contributed by atoms with Crippen LogP contribution in [0.2, 0.25) is 0 Å². The molecule has 2 aromatic heterocycles. The molecule has 0 amide bonds. The summed E-state index contributed by atoms with van der Waals surface area (Å²) >= 11 is 0. The van der Waals surface area contributed by atoms with Crippen LogP contribution in [0.3, 0.4) is 0 Å². The number of aromatic nitrogens is 3. The van der Waals surface area contributed by atoms with E-state index >= 15 is 0 Å². The summed E-state index contributed by atoms with van der Waals surface area (Å²) in [5, 5.41) is 10.8. The molecule has 28 heavy (non-hydrogen) atoms. The van der Waals surface area contributed by atoms with E-state index in [2.05, 4.69) is 9.97 Å². The smallest absolute Gasteiger partial charge is 0.414 e. The second kappa shape index (κ2) is 7.65. The highest BCUT2D eigenvalue weighted by atomic mass is 16.6. The van der Waals surface area contributed by atoms with Gasteiger partial charge in [0.15, 0.2) is 0 Å². The number of methoxy groups -OCH3 is 1. The molecule has 3 heterocycles. The maximum atomic E-state index is 10.8. The van der Waals surface area contributed by atoms with E-state index in [1.807, 2.05) is 36.4 Å². The molecule has 4 rings (SSSR count). The first kappa shape index (κ1) is 17.9. The SMILES string of the molecule is COc1ccc(-c2cccc(CO[C@@H]3COc4nc([N+](=O)[O-])cn4C3)c2)cn1. The number of fused-ring (bicyclic) bond motifs is 1. The highest BCUT2D eigenvalue weighted by Crippen LogP contribution is 2.24. The Morgan fingerprint density at radius 1 is 1.32 bits per heavy atom. The van der Waals surface area contributed by atoms with Crippen molar-refractivity contribution in [3.63, 3.8) is 0 Å². The van der Waals surface area contributed by atoms with E-state index in [9.17, 15) is 10.1 Å². The number of pyridine rings is 1. The van der Waals surface area contributed by atoms with Crippen molar-refractivity contribution >= 4 is 5.82 Å². The summed E-state index contributed by atoms with van der Waals surface area (Å²) < 4.78 is 18.1. The molecule has 0 aliphatic carbocycles. The second-order valence-electron chi connectivity index (χ2n) is 6.32. The van der Waals surface area contributed by atoms with Gasteiger partial charge >= 0.3 is 11.8 Å². The molecule has 0 fully saturated rings. The number of ether oxygens (including phenoxy) is 3. The van der Waals surface area contributed by atoms with Gasteiger partial charge < -0.3 is 24.3 Å². The predicted octanol–water partition coefficient (Wildman–Crippen LogP) is 2.84. The van der Waals surface area contributed by atoms with Crippen LogP contribution in [0.5, 0.6) is 11.9 Å². The third-order valence-corrected chi connectivity index (χ3v) is 4.40. The van der Waals surface area contributed by atoms with Crippen LogP contribution in [0.4, 0.5) is 5.82 Å². The maximum Gasteiger partial charge on any atom is 0.414 e. The highest BCUT2D eigenvalue weighted by Gasteiger charge is 2.28. The summed E-state index contributed by atoms with van der Waals surface area (Å²) in [6, 6.07) is 12.0. The molecule has 0 saturated heterocycles. The molecule has 0 spiro atoms. The van der Waals surface area contributed by atoms with E-state index in [1.165, 1.54) is 6.20 Å². The maximum absolute atomic E-state index is 10.8. The third kappa shape index (κ3) is 3.79. The van der Waals surface area contributed by atoms with Crippen molar-refractivity contribution in [3.8, 4) is 23.0 Å². The van der Waals surface area contributed by atoms with Gasteiger partial charge in [-0.25, -0.2) is 4.98 Å². The molecule has 0 unspecified atom stereocenters. The Morgan fingerprint density at radius 3 is 2.96 bits per heavy atom. The molecule has 3 aromatic rings. The first-order valence-corrected chi connectivity index (χ1v) is 8.67. The summed E-state index contributed by atoms with van der Waals surface area (Å²) in [5.74, 6) is 0.344. The predicted molar refractivity (Wildman–Crippen MR) is 99.2 cm³/mol. The van der Waals surface area contributed by atoms with E-state index in [0.717, 1.165) is 16.7 Å². The van der Waals surface area contributed by atoms with Crippen LogP contribution in [0, 0.1) is 10.1 Å². The Bertz CT molecular complexity index is 986. The molecular weight excluding hydrogens is 364 g/mol. The molecule has 1 aliphatic heterocycles. The summed E-state index contributed by atoms with van der Waals surface area (Å²) in [5.41, 5.74) is 3.03. The lowest BCUT2D eigenvalue weighted by molar-refractivity contribution is -0.389. The summed E-state index contributed by atoms with van der Waals surface area (Å²) in [7, 11) is 1.58. The number of nitrogens with zero attached hydrogens (tertiary/aromatic N) is 4. The molecule has 144 valence electrons. The Morgan fingerprint density at radius 2 is 2.21 bits per heavy atom. The average Bonchev–Trinajstić information content (AvgIpc) is 3.16. The van der Waals surface area contributed by atoms with Crippen LogP contribution in [-0.4, -0.2) is 39.3 Å². The van der Waals surface area contributed by atoms with Gasteiger partial charge in [-0.1, -0.05) is 18.2 Å². The topological polar surface area (TPSA) is 102 Å². The summed E-state index contributed by atoms with van der Waals surface area (Å²) in [4.78, 5) is 18.4. The highest BCUT2D eigenvalue weighted by molar-refractivity contribution is 5.63. The zero-order chi connectivity index (χ0) is 19.5. The second-order valence-corrected chi connectivity index (χ2v) is 6.32. The minimum Gasteiger partial charge on any atom is -0.481 e. The molecule has 0 N–H and O–H groups in total. The van der Waals surface area contributed by atoms with Crippen molar-refractivity contribution in [3.05, 3.63) is 64.5 Å². The van der Waals surface area contributed by atoms with Crippen LogP contribution in [0.1, 0.15) is 5.56 Å². The Hall–Kier alpha value is -3.46. The summed E-state index contributed by atoms with van der Waals surface area (Å²) in [6.07, 6.45) is 2.91. The van der Waals surface area contributed by atoms with Gasteiger partial charge in [-0.15, -0.1) is 0 Å². The van der Waals surface area contributed by atoms with E-state index in [4.69, 9.17) is 14.2 Å². The molecule has 1 aromatic carbocycles. The van der Waals surface area contributed by atoms with E-state index in [1.54, 1.807) is 17.9 Å². The van der Waals surface area contributed by atoms with Crippen LogP contribution in [0.15, 0.2) is 48.8 Å². The van der Waals surface area contributed by atoms with Crippen LogP contribution in [-0.2, 0) is 17.9 Å². The summed E-state index contributed by atoms with van der Waals surface area (Å²) in [6.45, 7) is 1.16. The molecule has 9 nitrogen and oxygen atoms in total. The zero-order valence-electron chi connectivity index (χ0n) is 15.1. The fourth-order valence-electron chi connectivity index (χ4n) is 2.99. The molecule has 0 bridgehead atoms. The first-order valence-electron chi connectivity index (χ1n) is 8.67. The fraction of sp³-hybridized carbons (Fsp3) is 0.263. The number of benzene rings is 1. The molecule has 1 aliphatic rings. The van der Waals surface area contributed by atoms with Gasteiger partial charge in [-0.2, -0.15) is 0 Å².